The van der Waals surface area contributed by atoms with Gasteiger partial charge in [0.25, 0.3) is 10.1 Å². The first-order valence-corrected chi connectivity index (χ1v) is 10.6. The van der Waals surface area contributed by atoms with Crippen LogP contribution in [-0.4, -0.2) is 39.6 Å². The van der Waals surface area contributed by atoms with Crippen LogP contribution in [0, 0.1) is 6.92 Å². The van der Waals surface area contributed by atoms with E-state index in [1.165, 1.54) is 12.1 Å². The fourth-order valence-corrected chi connectivity index (χ4v) is 3.91. The van der Waals surface area contributed by atoms with Gasteiger partial charge in [0.05, 0.1) is 24.7 Å². The third-order valence-corrected chi connectivity index (χ3v) is 5.67. The van der Waals surface area contributed by atoms with Crippen LogP contribution in [0.1, 0.15) is 25.0 Å². The maximum absolute atomic E-state index is 12.4. The topological polar surface area (TPSA) is 71.1 Å². The molecular weight excluding hydrogens is 380 g/mol. The average Bonchev–Trinajstić information content (AvgIpc) is 2.95. The highest BCUT2D eigenvalue weighted by Crippen LogP contribution is 2.29. The number of hydrogen-bond acceptors (Lipinski definition) is 6. The van der Waals surface area contributed by atoms with E-state index in [0.29, 0.717) is 6.61 Å². The first-order valence-electron chi connectivity index (χ1n) is 9.19. The monoisotopic (exact) mass is 406 g/mol. The fourth-order valence-electron chi connectivity index (χ4n) is 2.99. The molecule has 1 aliphatic heterocycles. The quantitative estimate of drug-likeness (QED) is 0.626. The minimum absolute atomic E-state index is 0.119. The van der Waals surface area contributed by atoms with Crippen molar-refractivity contribution in [3.05, 3.63) is 65.7 Å². The van der Waals surface area contributed by atoms with Crippen molar-refractivity contribution in [3.63, 3.8) is 0 Å². The van der Waals surface area contributed by atoms with Gasteiger partial charge >= 0.3 is 0 Å². The maximum atomic E-state index is 12.4. The molecule has 0 amide bonds. The highest BCUT2D eigenvalue weighted by Gasteiger charge is 2.42. The Kier molecular flexibility index (Phi) is 6.52. The molecule has 6 nitrogen and oxygen atoms in total. The SMILES string of the molecule is Cc1ccc(S(=O)(=O)OCC2OC(C)(C)OC2COCc2ccccc2)cc1. The van der Waals surface area contributed by atoms with Crippen molar-refractivity contribution in [2.24, 2.45) is 0 Å². The van der Waals surface area contributed by atoms with Crippen LogP contribution in [0.15, 0.2) is 59.5 Å². The van der Waals surface area contributed by atoms with E-state index < -0.39 is 28.1 Å². The Balaban J connectivity index is 1.58. The zero-order valence-corrected chi connectivity index (χ0v) is 17.1. The van der Waals surface area contributed by atoms with Crippen LogP contribution in [-0.2, 0) is 35.1 Å². The van der Waals surface area contributed by atoms with Crippen molar-refractivity contribution in [1.29, 1.82) is 0 Å². The van der Waals surface area contributed by atoms with E-state index in [4.69, 9.17) is 18.4 Å². The number of rotatable bonds is 8. The molecule has 2 unspecified atom stereocenters. The van der Waals surface area contributed by atoms with E-state index in [9.17, 15) is 8.42 Å². The molecule has 1 fully saturated rings. The molecule has 0 bridgehead atoms. The second-order valence-electron chi connectivity index (χ2n) is 7.26. The summed E-state index contributed by atoms with van der Waals surface area (Å²) in [5.74, 6) is -0.831. The second-order valence-corrected chi connectivity index (χ2v) is 8.88. The van der Waals surface area contributed by atoms with E-state index >= 15 is 0 Å². The normalized spacial score (nSPS) is 21.7. The molecular formula is C21H26O6S. The third kappa shape index (κ3) is 5.62. The lowest BCUT2D eigenvalue weighted by atomic mass is 10.2. The third-order valence-electron chi connectivity index (χ3n) is 4.38. The standard InChI is InChI=1S/C21H26O6S/c1-16-9-11-18(12-10-16)28(22,23)25-15-20-19(26-21(2,3)27-20)14-24-13-17-7-5-4-6-8-17/h4-12,19-20H,13-15H2,1-3H3. The number of aryl methyl sites for hydroxylation is 1. The Bertz CT molecular complexity index is 862. The van der Waals surface area contributed by atoms with E-state index in [2.05, 4.69) is 0 Å². The summed E-state index contributed by atoms with van der Waals surface area (Å²) < 4.78 is 47.5. The van der Waals surface area contributed by atoms with Crippen molar-refractivity contribution in [2.45, 2.75) is 50.3 Å². The molecule has 1 saturated heterocycles. The Morgan fingerprint density at radius 2 is 1.54 bits per heavy atom. The van der Waals surface area contributed by atoms with E-state index in [1.54, 1.807) is 26.0 Å². The van der Waals surface area contributed by atoms with Gasteiger partial charge in [0, 0.05) is 0 Å². The maximum Gasteiger partial charge on any atom is 0.297 e. The summed E-state index contributed by atoms with van der Waals surface area (Å²) in [5, 5.41) is 0. The van der Waals surface area contributed by atoms with E-state index in [0.717, 1.165) is 11.1 Å². The molecule has 0 saturated carbocycles. The lowest BCUT2D eigenvalue weighted by Gasteiger charge is -2.17. The van der Waals surface area contributed by atoms with Gasteiger partial charge < -0.3 is 14.2 Å². The van der Waals surface area contributed by atoms with Crippen molar-refractivity contribution < 1.29 is 26.8 Å². The Labute approximate surface area is 166 Å². The summed E-state index contributed by atoms with van der Waals surface area (Å²) in [6.07, 6.45) is -0.974. The van der Waals surface area contributed by atoms with Gasteiger partial charge in [0.15, 0.2) is 5.79 Å². The fraction of sp³-hybridized carbons (Fsp3) is 0.429. The summed E-state index contributed by atoms with van der Waals surface area (Å²) in [6.45, 7) is 6.03. The first kappa shape index (κ1) is 21.0. The van der Waals surface area contributed by atoms with Crippen LogP contribution in [0.3, 0.4) is 0 Å². The average molecular weight is 407 g/mol. The highest BCUT2D eigenvalue weighted by atomic mass is 32.2. The van der Waals surface area contributed by atoms with Crippen molar-refractivity contribution in [1.82, 2.24) is 0 Å². The number of benzene rings is 2. The molecule has 0 spiro atoms. The summed E-state index contributed by atoms with van der Waals surface area (Å²) in [7, 11) is -3.87. The molecule has 2 aromatic carbocycles. The molecule has 0 aromatic heterocycles. The van der Waals surface area contributed by atoms with Gasteiger partial charge in [0.1, 0.15) is 12.2 Å². The minimum atomic E-state index is -3.87. The predicted octanol–water partition coefficient (Wildman–Crippen LogP) is 3.44. The lowest BCUT2D eigenvalue weighted by Crippen LogP contribution is -2.32. The van der Waals surface area contributed by atoms with Gasteiger partial charge in [-0.2, -0.15) is 8.42 Å². The van der Waals surface area contributed by atoms with Crippen molar-refractivity contribution in [3.8, 4) is 0 Å². The molecule has 2 atom stereocenters. The number of hydrogen-bond donors (Lipinski definition) is 0. The minimum Gasteiger partial charge on any atom is -0.374 e. The molecule has 7 heteroatoms. The van der Waals surface area contributed by atoms with Crippen LogP contribution in [0.5, 0.6) is 0 Å². The van der Waals surface area contributed by atoms with Crippen molar-refractivity contribution >= 4 is 10.1 Å². The van der Waals surface area contributed by atoms with Crippen LogP contribution in [0.25, 0.3) is 0 Å². The Morgan fingerprint density at radius 3 is 2.18 bits per heavy atom. The summed E-state index contributed by atoms with van der Waals surface area (Å²) in [4.78, 5) is 0.119. The Hall–Kier alpha value is -1.77. The van der Waals surface area contributed by atoms with Crippen LogP contribution in [0.2, 0.25) is 0 Å². The zero-order valence-electron chi connectivity index (χ0n) is 16.3. The summed E-state index contributed by atoms with van der Waals surface area (Å²) in [6, 6.07) is 16.3. The molecule has 0 radical (unpaired) electrons. The van der Waals surface area contributed by atoms with Crippen LogP contribution in [0.4, 0.5) is 0 Å². The molecule has 1 aliphatic rings. The predicted molar refractivity (Wildman–Crippen MR) is 104 cm³/mol. The second kappa shape index (κ2) is 8.71. The van der Waals surface area contributed by atoms with Crippen LogP contribution >= 0.6 is 0 Å². The molecule has 152 valence electrons. The largest absolute Gasteiger partial charge is 0.374 e. The number of ether oxygens (including phenoxy) is 3. The molecule has 0 aliphatic carbocycles. The first-order chi connectivity index (χ1) is 13.3. The smallest absolute Gasteiger partial charge is 0.297 e. The highest BCUT2D eigenvalue weighted by molar-refractivity contribution is 7.86. The summed E-state index contributed by atoms with van der Waals surface area (Å²) >= 11 is 0. The molecule has 1 heterocycles. The molecule has 0 N–H and O–H groups in total. The van der Waals surface area contributed by atoms with Gasteiger partial charge in [-0.15, -0.1) is 0 Å². The van der Waals surface area contributed by atoms with Gasteiger partial charge in [-0.3, -0.25) is 4.18 Å². The van der Waals surface area contributed by atoms with Gasteiger partial charge in [-0.25, -0.2) is 0 Å². The molecule has 28 heavy (non-hydrogen) atoms. The van der Waals surface area contributed by atoms with Crippen LogP contribution < -0.4 is 0 Å². The van der Waals surface area contributed by atoms with E-state index in [1.807, 2.05) is 37.3 Å². The lowest BCUT2D eigenvalue weighted by molar-refractivity contribution is -0.152. The van der Waals surface area contributed by atoms with Gasteiger partial charge in [-0.1, -0.05) is 48.0 Å². The Morgan fingerprint density at radius 1 is 0.929 bits per heavy atom. The molecule has 3 rings (SSSR count). The van der Waals surface area contributed by atoms with E-state index in [-0.39, 0.29) is 18.1 Å². The summed E-state index contributed by atoms with van der Waals surface area (Å²) in [5.41, 5.74) is 2.03. The molecule has 2 aromatic rings. The van der Waals surface area contributed by atoms with Gasteiger partial charge in [0.2, 0.25) is 0 Å². The zero-order chi connectivity index (χ0) is 20.2. The van der Waals surface area contributed by atoms with Gasteiger partial charge in [-0.05, 0) is 38.5 Å². The van der Waals surface area contributed by atoms with Crippen molar-refractivity contribution in [2.75, 3.05) is 13.2 Å².